The number of hydrogen-bond acceptors (Lipinski definition) is 4. The summed E-state index contributed by atoms with van der Waals surface area (Å²) in [5.74, 6) is 1.96. The lowest BCUT2D eigenvalue weighted by atomic mass is 9.97. The van der Waals surface area contributed by atoms with E-state index >= 15 is 0 Å². The first-order chi connectivity index (χ1) is 29.7. The van der Waals surface area contributed by atoms with Crippen molar-refractivity contribution in [2.45, 2.75) is 0 Å². The average molecular weight is 781 g/mol. The number of rotatable bonds is 4. The van der Waals surface area contributed by atoms with Crippen LogP contribution in [0.2, 0.25) is 0 Å². The number of benzene rings is 10. The van der Waals surface area contributed by atoms with Gasteiger partial charge >= 0.3 is 0 Å². The Labute approximate surface area is 348 Å². The second-order valence-electron chi connectivity index (χ2n) is 15.6. The largest absolute Gasteiger partial charge is 0.309 e. The van der Waals surface area contributed by atoms with E-state index in [0.29, 0.717) is 17.5 Å². The molecule has 0 bridgehead atoms. The normalized spacial score (nSPS) is 12.0. The van der Waals surface area contributed by atoms with Crippen molar-refractivity contribution >= 4 is 96.4 Å². The molecule has 0 atom stereocenters. The second-order valence-corrected chi connectivity index (χ2v) is 16.7. The lowest BCUT2D eigenvalue weighted by molar-refractivity contribution is 1.08. The Morgan fingerprint density at radius 2 is 0.983 bits per heavy atom. The molecule has 0 radical (unpaired) electrons. The molecule has 278 valence electrons. The third-order valence-electron chi connectivity index (χ3n) is 12.1. The van der Waals surface area contributed by atoms with Gasteiger partial charge in [0.05, 0.1) is 11.0 Å². The summed E-state index contributed by atoms with van der Waals surface area (Å²) in [4.78, 5) is 15.9. The van der Waals surface area contributed by atoms with E-state index in [1.807, 2.05) is 29.5 Å². The first-order valence-electron chi connectivity index (χ1n) is 20.3. The van der Waals surface area contributed by atoms with Crippen molar-refractivity contribution in [3.63, 3.8) is 0 Å². The molecule has 13 aromatic rings. The molecule has 0 unspecified atom stereocenters. The standard InChI is InChI=1S/C55H32N4S/c1-2-14-35(15-3-1)53-56-54(40-23-22-33-12-4-5-16-36(33)28-40)58-55(57-53)51-42-20-10-9-19-39(42)31-49-50(51)46-32-41(25-27-48(46)60-49)59-47-30-38-18-7-6-17-37(38)29-45(47)44-26-24-34-13-8-11-21-43(34)52(44)59/h1-32H. The summed E-state index contributed by atoms with van der Waals surface area (Å²) >= 11 is 1.83. The molecule has 0 aliphatic rings. The topological polar surface area (TPSA) is 43.6 Å². The summed E-state index contributed by atoms with van der Waals surface area (Å²) < 4.78 is 4.90. The molecule has 5 heteroatoms. The molecule has 0 fully saturated rings. The fourth-order valence-corrected chi connectivity index (χ4v) is 10.5. The Morgan fingerprint density at radius 3 is 1.80 bits per heavy atom. The van der Waals surface area contributed by atoms with Crippen molar-refractivity contribution in [2.24, 2.45) is 0 Å². The average Bonchev–Trinajstić information content (AvgIpc) is 3.84. The molecule has 3 heterocycles. The summed E-state index contributed by atoms with van der Waals surface area (Å²) in [6.45, 7) is 0. The van der Waals surface area contributed by atoms with Crippen LogP contribution < -0.4 is 0 Å². The highest BCUT2D eigenvalue weighted by Crippen LogP contribution is 2.46. The molecule has 0 spiro atoms. The number of thiophene rings is 1. The maximum Gasteiger partial charge on any atom is 0.165 e. The van der Waals surface area contributed by atoms with Gasteiger partial charge in [-0.3, -0.25) is 0 Å². The van der Waals surface area contributed by atoms with E-state index in [-0.39, 0.29) is 0 Å². The molecule has 3 aromatic heterocycles. The zero-order chi connectivity index (χ0) is 39.3. The number of fused-ring (bicyclic) bond motifs is 11. The van der Waals surface area contributed by atoms with Crippen molar-refractivity contribution < 1.29 is 0 Å². The third-order valence-corrected chi connectivity index (χ3v) is 13.3. The lowest BCUT2D eigenvalue weighted by Gasteiger charge is -2.13. The zero-order valence-corrected chi connectivity index (χ0v) is 33.0. The first kappa shape index (κ1) is 33.3. The molecule has 0 amide bonds. The highest BCUT2D eigenvalue weighted by molar-refractivity contribution is 7.26. The van der Waals surface area contributed by atoms with E-state index in [9.17, 15) is 0 Å². The van der Waals surface area contributed by atoms with Crippen molar-refractivity contribution in [3.05, 3.63) is 194 Å². The van der Waals surface area contributed by atoms with Crippen LogP contribution in [0, 0.1) is 0 Å². The van der Waals surface area contributed by atoms with Crippen LogP contribution in [0.5, 0.6) is 0 Å². The van der Waals surface area contributed by atoms with E-state index in [1.54, 1.807) is 0 Å². The molecule has 0 saturated heterocycles. The van der Waals surface area contributed by atoms with E-state index in [2.05, 4.69) is 180 Å². The molecule has 13 rings (SSSR count). The number of hydrogen-bond donors (Lipinski definition) is 0. The zero-order valence-electron chi connectivity index (χ0n) is 32.2. The summed E-state index contributed by atoms with van der Waals surface area (Å²) in [7, 11) is 0. The Kier molecular flexibility index (Phi) is 7.14. The van der Waals surface area contributed by atoms with Crippen LogP contribution in [-0.2, 0) is 0 Å². The molecule has 4 nitrogen and oxygen atoms in total. The molecular weight excluding hydrogens is 749 g/mol. The van der Waals surface area contributed by atoms with Crippen LogP contribution in [0.25, 0.3) is 125 Å². The molecule has 0 aliphatic carbocycles. The highest BCUT2D eigenvalue weighted by atomic mass is 32.1. The van der Waals surface area contributed by atoms with Gasteiger partial charge in [0.15, 0.2) is 17.5 Å². The predicted molar refractivity (Wildman–Crippen MR) is 253 cm³/mol. The predicted octanol–water partition coefficient (Wildman–Crippen LogP) is 15.0. The molecule has 0 saturated carbocycles. The summed E-state index contributed by atoms with van der Waals surface area (Å²) in [6.07, 6.45) is 0. The lowest BCUT2D eigenvalue weighted by Crippen LogP contribution is -2.01. The van der Waals surface area contributed by atoms with Crippen molar-refractivity contribution in [1.29, 1.82) is 0 Å². The number of nitrogens with zero attached hydrogens (tertiary/aromatic N) is 4. The van der Waals surface area contributed by atoms with Gasteiger partial charge in [-0.2, -0.15) is 0 Å². The molecule has 10 aromatic carbocycles. The van der Waals surface area contributed by atoms with Crippen LogP contribution in [0.1, 0.15) is 0 Å². The minimum absolute atomic E-state index is 0.648. The second kappa shape index (κ2) is 12.9. The summed E-state index contributed by atoms with van der Waals surface area (Å²) in [6, 6.07) is 69.8. The minimum Gasteiger partial charge on any atom is -0.309 e. The van der Waals surface area contributed by atoms with Crippen molar-refractivity contribution in [2.75, 3.05) is 0 Å². The SMILES string of the molecule is c1ccc(-c2nc(-c3ccc4ccccc4c3)nc(-c3c4ccccc4cc4sc5ccc(-n6c7cc8ccccc8cc7c7ccc8ccccc8c76)cc5c34)n2)cc1. The van der Waals surface area contributed by atoms with Crippen molar-refractivity contribution in [1.82, 2.24) is 19.5 Å². The minimum atomic E-state index is 0.648. The van der Waals surface area contributed by atoms with Gasteiger partial charge in [-0.25, -0.2) is 15.0 Å². The van der Waals surface area contributed by atoms with Crippen LogP contribution in [-0.4, -0.2) is 19.5 Å². The van der Waals surface area contributed by atoms with Gasteiger partial charge in [-0.15, -0.1) is 11.3 Å². The van der Waals surface area contributed by atoms with Gasteiger partial charge in [0.1, 0.15) is 0 Å². The quantitative estimate of drug-likeness (QED) is 0.179. The smallest absolute Gasteiger partial charge is 0.165 e. The van der Waals surface area contributed by atoms with Gasteiger partial charge in [-0.05, 0) is 80.2 Å². The van der Waals surface area contributed by atoms with E-state index in [1.165, 1.54) is 63.5 Å². The molecule has 60 heavy (non-hydrogen) atoms. The van der Waals surface area contributed by atoms with Gasteiger partial charge in [0.25, 0.3) is 0 Å². The van der Waals surface area contributed by atoms with Crippen molar-refractivity contribution in [3.8, 4) is 39.9 Å². The monoisotopic (exact) mass is 780 g/mol. The third kappa shape index (κ3) is 5.06. The highest BCUT2D eigenvalue weighted by Gasteiger charge is 2.22. The van der Waals surface area contributed by atoms with E-state index < -0.39 is 0 Å². The fraction of sp³-hybridized carbons (Fsp3) is 0. The Bertz CT molecular complexity index is 3900. The van der Waals surface area contributed by atoms with E-state index in [0.717, 1.165) is 43.9 Å². The Balaban J connectivity index is 1.13. The van der Waals surface area contributed by atoms with Crippen LogP contribution in [0.15, 0.2) is 194 Å². The summed E-state index contributed by atoms with van der Waals surface area (Å²) in [5.41, 5.74) is 6.44. The maximum absolute atomic E-state index is 5.39. The van der Waals surface area contributed by atoms with Gasteiger partial charge in [-0.1, -0.05) is 152 Å². The molecular formula is C55H32N4S. The Hall–Kier alpha value is -7.73. The first-order valence-corrected chi connectivity index (χ1v) is 21.1. The number of aromatic nitrogens is 4. The Morgan fingerprint density at radius 1 is 0.350 bits per heavy atom. The van der Waals surface area contributed by atoms with Crippen LogP contribution in [0.3, 0.4) is 0 Å². The molecule has 0 aliphatic heterocycles. The van der Waals surface area contributed by atoms with Gasteiger partial charge < -0.3 is 4.57 Å². The van der Waals surface area contributed by atoms with Crippen LogP contribution >= 0.6 is 11.3 Å². The van der Waals surface area contributed by atoms with E-state index in [4.69, 9.17) is 15.0 Å². The molecule has 0 N–H and O–H groups in total. The van der Waals surface area contributed by atoms with Crippen LogP contribution in [0.4, 0.5) is 0 Å². The maximum atomic E-state index is 5.39. The van der Waals surface area contributed by atoms with Gasteiger partial charge in [0.2, 0.25) is 0 Å². The fourth-order valence-electron chi connectivity index (χ4n) is 9.35. The van der Waals surface area contributed by atoms with Gasteiger partial charge in [0, 0.05) is 58.7 Å². The summed E-state index contributed by atoms with van der Waals surface area (Å²) in [5, 5.41) is 14.3.